The maximum Gasteiger partial charge on any atom is 0.0250 e. The normalized spacial score (nSPS) is 12.7. The standard InChI is InChI=1S/C14H24N2/c1-3-4-5-9-14(16-15)11-13-8-6-7-12(2)10-13/h6-8,10,14,16H,3-5,9,11,15H2,1-2H3. The molecular formula is C14H24N2. The third kappa shape index (κ3) is 4.77. The highest BCUT2D eigenvalue weighted by Gasteiger charge is 2.07. The molecule has 1 aromatic rings. The number of hydrogen-bond donors (Lipinski definition) is 2. The lowest BCUT2D eigenvalue weighted by Gasteiger charge is -2.15. The number of benzene rings is 1. The van der Waals surface area contributed by atoms with Crippen LogP contribution < -0.4 is 11.3 Å². The van der Waals surface area contributed by atoms with Crippen LogP contribution in [-0.4, -0.2) is 6.04 Å². The van der Waals surface area contributed by atoms with Gasteiger partial charge in [-0.25, -0.2) is 0 Å². The van der Waals surface area contributed by atoms with Crippen molar-refractivity contribution in [2.24, 2.45) is 5.84 Å². The van der Waals surface area contributed by atoms with Gasteiger partial charge in [0.25, 0.3) is 0 Å². The molecule has 2 heteroatoms. The molecule has 0 aromatic heterocycles. The predicted molar refractivity (Wildman–Crippen MR) is 70.1 cm³/mol. The van der Waals surface area contributed by atoms with E-state index in [1.165, 1.54) is 30.4 Å². The first-order valence-corrected chi connectivity index (χ1v) is 6.28. The highest BCUT2D eigenvalue weighted by atomic mass is 15.2. The fourth-order valence-electron chi connectivity index (χ4n) is 2.01. The Bertz CT molecular complexity index is 297. The number of hydrogen-bond acceptors (Lipinski definition) is 2. The first-order valence-electron chi connectivity index (χ1n) is 6.28. The average molecular weight is 220 g/mol. The van der Waals surface area contributed by atoms with E-state index in [-0.39, 0.29) is 0 Å². The SMILES string of the molecule is CCCCCC(Cc1cccc(C)c1)NN. The summed E-state index contributed by atoms with van der Waals surface area (Å²) >= 11 is 0. The molecule has 0 radical (unpaired) electrons. The number of hydrazine groups is 1. The van der Waals surface area contributed by atoms with Crippen molar-refractivity contribution in [3.05, 3.63) is 35.4 Å². The van der Waals surface area contributed by atoms with E-state index in [2.05, 4.69) is 43.5 Å². The van der Waals surface area contributed by atoms with Crippen molar-refractivity contribution < 1.29 is 0 Å². The fourth-order valence-corrected chi connectivity index (χ4v) is 2.01. The largest absolute Gasteiger partial charge is 0.271 e. The van der Waals surface area contributed by atoms with E-state index in [1.807, 2.05) is 0 Å². The third-order valence-electron chi connectivity index (χ3n) is 2.96. The zero-order valence-corrected chi connectivity index (χ0v) is 10.5. The molecular weight excluding hydrogens is 196 g/mol. The van der Waals surface area contributed by atoms with E-state index in [9.17, 15) is 0 Å². The summed E-state index contributed by atoms with van der Waals surface area (Å²) in [5, 5.41) is 0. The van der Waals surface area contributed by atoms with Crippen molar-refractivity contribution in [2.45, 2.75) is 52.0 Å². The molecule has 0 saturated heterocycles. The average Bonchev–Trinajstić information content (AvgIpc) is 2.28. The Morgan fingerprint density at radius 2 is 2.12 bits per heavy atom. The van der Waals surface area contributed by atoms with E-state index >= 15 is 0 Å². The van der Waals surface area contributed by atoms with Gasteiger partial charge in [0.15, 0.2) is 0 Å². The Morgan fingerprint density at radius 3 is 2.75 bits per heavy atom. The van der Waals surface area contributed by atoms with Gasteiger partial charge in [-0.2, -0.15) is 0 Å². The van der Waals surface area contributed by atoms with E-state index in [0.717, 1.165) is 12.8 Å². The monoisotopic (exact) mass is 220 g/mol. The number of aryl methyl sites for hydroxylation is 1. The summed E-state index contributed by atoms with van der Waals surface area (Å²) in [4.78, 5) is 0. The molecule has 0 saturated carbocycles. The van der Waals surface area contributed by atoms with Gasteiger partial charge in [0.05, 0.1) is 0 Å². The van der Waals surface area contributed by atoms with E-state index < -0.39 is 0 Å². The Morgan fingerprint density at radius 1 is 1.31 bits per heavy atom. The van der Waals surface area contributed by atoms with Gasteiger partial charge in [0.2, 0.25) is 0 Å². The number of nitrogens with two attached hydrogens (primary N) is 1. The minimum atomic E-state index is 0.411. The second-order valence-electron chi connectivity index (χ2n) is 4.55. The van der Waals surface area contributed by atoms with Crippen LogP contribution in [0, 0.1) is 6.92 Å². The summed E-state index contributed by atoms with van der Waals surface area (Å²) in [5.41, 5.74) is 5.62. The van der Waals surface area contributed by atoms with Gasteiger partial charge in [-0.3, -0.25) is 11.3 Å². The zero-order chi connectivity index (χ0) is 11.8. The first-order chi connectivity index (χ1) is 7.76. The van der Waals surface area contributed by atoms with Crippen molar-refractivity contribution >= 4 is 0 Å². The van der Waals surface area contributed by atoms with Gasteiger partial charge in [-0.05, 0) is 25.3 Å². The molecule has 0 aliphatic carbocycles. The zero-order valence-electron chi connectivity index (χ0n) is 10.5. The van der Waals surface area contributed by atoms with Gasteiger partial charge < -0.3 is 0 Å². The Labute approximate surface area is 99.2 Å². The Kier molecular flexibility index (Phi) is 6.12. The highest BCUT2D eigenvalue weighted by molar-refractivity contribution is 5.22. The molecule has 3 N–H and O–H groups in total. The smallest absolute Gasteiger partial charge is 0.0250 e. The summed E-state index contributed by atoms with van der Waals surface area (Å²) in [7, 11) is 0. The van der Waals surface area contributed by atoms with Crippen molar-refractivity contribution in [3.63, 3.8) is 0 Å². The van der Waals surface area contributed by atoms with Crippen LogP contribution in [0.1, 0.15) is 43.7 Å². The van der Waals surface area contributed by atoms with Crippen LogP contribution >= 0.6 is 0 Å². The Hall–Kier alpha value is -0.860. The second-order valence-corrected chi connectivity index (χ2v) is 4.55. The van der Waals surface area contributed by atoms with Gasteiger partial charge >= 0.3 is 0 Å². The molecule has 0 aliphatic rings. The van der Waals surface area contributed by atoms with Crippen LogP contribution in [0.4, 0.5) is 0 Å². The maximum atomic E-state index is 5.59. The molecule has 0 aliphatic heterocycles. The summed E-state index contributed by atoms with van der Waals surface area (Å²) in [6, 6.07) is 9.07. The molecule has 2 nitrogen and oxygen atoms in total. The summed E-state index contributed by atoms with van der Waals surface area (Å²) in [5.74, 6) is 5.59. The first kappa shape index (κ1) is 13.2. The van der Waals surface area contributed by atoms with E-state index in [0.29, 0.717) is 6.04 Å². The number of rotatable bonds is 7. The minimum Gasteiger partial charge on any atom is -0.271 e. The second kappa shape index (κ2) is 7.42. The van der Waals surface area contributed by atoms with Crippen molar-refractivity contribution in [1.29, 1.82) is 0 Å². The minimum absolute atomic E-state index is 0.411. The van der Waals surface area contributed by atoms with Crippen molar-refractivity contribution in [3.8, 4) is 0 Å². The molecule has 1 rings (SSSR count). The predicted octanol–water partition coefficient (Wildman–Crippen LogP) is 2.95. The molecule has 1 aromatic carbocycles. The third-order valence-corrected chi connectivity index (χ3v) is 2.96. The van der Waals surface area contributed by atoms with Crippen molar-refractivity contribution in [2.75, 3.05) is 0 Å². The fraction of sp³-hybridized carbons (Fsp3) is 0.571. The molecule has 16 heavy (non-hydrogen) atoms. The number of nitrogens with one attached hydrogen (secondary N) is 1. The van der Waals surface area contributed by atoms with Gasteiger partial charge in [0.1, 0.15) is 0 Å². The van der Waals surface area contributed by atoms with Gasteiger partial charge in [-0.1, -0.05) is 56.0 Å². The van der Waals surface area contributed by atoms with Crippen LogP contribution in [0.25, 0.3) is 0 Å². The summed E-state index contributed by atoms with van der Waals surface area (Å²) in [6.07, 6.45) is 6.02. The van der Waals surface area contributed by atoms with Gasteiger partial charge in [-0.15, -0.1) is 0 Å². The summed E-state index contributed by atoms with van der Waals surface area (Å²) < 4.78 is 0. The molecule has 1 atom stereocenters. The molecule has 0 heterocycles. The summed E-state index contributed by atoms with van der Waals surface area (Å²) in [6.45, 7) is 4.36. The highest BCUT2D eigenvalue weighted by Crippen LogP contribution is 2.11. The molecule has 90 valence electrons. The van der Waals surface area contributed by atoms with Gasteiger partial charge in [0, 0.05) is 6.04 Å². The quantitative estimate of drug-likeness (QED) is 0.421. The van der Waals surface area contributed by atoms with E-state index in [1.54, 1.807) is 0 Å². The van der Waals surface area contributed by atoms with Crippen molar-refractivity contribution in [1.82, 2.24) is 5.43 Å². The maximum absolute atomic E-state index is 5.59. The molecule has 1 unspecified atom stereocenters. The van der Waals surface area contributed by atoms with Crippen LogP contribution in [0.5, 0.6) is 0 Å². The van der Waals surface area contributed by atoms with E-state index in [4.69, 9.17) is 5.84 Å². The lowest BCUT2D eigenvalue weighted by atomic mass is 10.00. The van der Waals surface area contributed by atoms with Crippen LogP contribution in [0.2, 0.25) is 0 Å². The van der Waals surface area contributed by atoms with Crippen LogP contribution in [0.15, 0.2) is 24.3 Å². The van der Waals surface area contributed by atoms with Crippen LogP contribution in [0.3, 0.4) is 0 Å². The van der Waals surface area contributed by atoms with Crippen LogP contribution in [-0.2, 0) is 6.42 Å². The molecule has 0 spiro atoms. The lowest BCUT2D eigenvalue weighted by molar-refractivity contribution is 0.467. The molecule has 0 fully saturated rings. The Balaban J connectivity index is 2.43. The topological polar surface area (TPSA) is 38.0 Å². The molecule has 0 amide bonds. The lowest BCUT2D eigenvalue weighted by Crippen LogP contribution is -2.36. The molecule has 0 bridgehead atoms. The number of unbranched alkanes of at least 4 members (excludes halogenated alkanes) is 2.